The van der Waals surface area contributed by atoms with E-state index in [9.17, 15) is 22.8 Å². The van der Waals surface area contributed by atoms with Gasteiger partial charge in [0, 0.05) is 44.0 Å². The fourth-order valence-electron chi connectivity index (χ4n) is 5.31. The van der Waals surface area contributed by atoms with Crippen LogP contribution in [-0.2, 0) is 11.0 Å². The lowest BCUT2D eigenvalue weighted by molar-refractivity contribution is -0.137. The molecule has 0 saturated carbocycles. The van der Waals surface area contributed by atoms with E-state index in [4.69, 9.17) is 0 Å². The van der Waals surface area contributed by atoms with Gasteiger partial charge < -0.3 is 4.90 Å². The summed E-state index contributed by atoms with van der Waals surface area (Å²) in [6, 6.07) is 9.34. The Hall–Kier alpha value is -3.13. The van der Waals surface area contributed by atoms with Crippen molar-refractivity contribution in [3.05, 3.63) is 64.7 Å². The second-order valence-corrected chi connectivity index (χ2v) is 9.76. The van der Waals surface area contributed by atoms with E-state index in [1.807, 2.05) is 37.8 Å². The van der Waals surface area contributed by atoms with E-state index in [1.54, 1.807) is 11.0 Å². The number of anilines is 2. The summed E-state index contributed by atoms with van der Waals surface area (Å²) < 4.78 is 39.3. The van der Waals surface area contributed by atoms with Crippen molar-refractivity contribution >= 4 is 28.6 Å². The molecule has 1 saturated heterocycles. The predicted molar refractivity (Wildman–Crippen MR) is 125 cm³/mol. The molecule has 1 fully saturated rings. The highest BCUT2D eigenvalue weighted by molar-refractivity contribution is 6.53. The van der Waals surface area contributed by atoms with Crippen molar-refractivity contribution in [2.45, 2.75) is 32.5 Å². The fraction of sp³-hybridized carbons (Fsp3) is 0.385. The lowest BCUT2D eigenvalue weighted by Crippen LogP contribution is -2.49. The molecule has 2 aromatic rings. The maximum atomic E-state index is 13.1. The minimum Gasteiger partial charge on any atom is -0.369 e. The molecular formula is C26H26F3N3O2. The number of ketones is 1. The summed E-state index contributed by atoms with van der Waals surface area (Å²) >= 11 is 0. The molecule has 0 atom stereocenters. The molecule has 0 radical (unpaired) electrons. The Morgan fingerprint density at radius 2 is 1.71 bits per heavy atom. The van der Waals surface area contributed by atoms with E-state index < -0.39 is 29.0 Å². The second-order valence-electron chi connectivity index (χ2n) is 9.76. The van der Waals surface area contributed by atoms with Gasteiger partial charge >= 0.3 is 6.18 Å². The number of hydrogen-bond donors (Lipinski definition) is 0. The number of alkyl halides is 3. The van der Waals surface area contributed by atoms with E-state index >= 15 is 0 Å². The third-order valence-electron chi connectivity index (χ3n) is 6.99. The first-order valence-corrected chi connectivity index (χ1v) is 11.4. The molecule has 5 nitrogen and oxygen atoms in total. The monoisotopic (exact) mass is 469 g/mol. The Labute approximate surface area is 196 Å². The first-order valence-electron chi connectivity index (χ1n) is 11.4. The normalized spacial score (nSPS) is 20.0. The van der Waals surface area contributed by atoms with Gasteiger partial charge in [-0.05, 0) is 50.1 Å². The number of nitrogens with zero attached hydrogens (tertiary/aromatic N) is 3. The quantitative estimate of drug-likeness (QED) is 0.620. The summed E-state index contributed by atoms with van der Waals surface area (Å²) in [5, 5.41) is 0. The number of rotatable bonds is 3. The minimum absolute atomic E-state index is 0.452. The Morgan fingerprint density at radius 1 is 1.00 bits per heavy atom. The van der Waals surface area contributed by atoms with E-state index in [2.05, 4.69) is 11.0 Å². The van der Waals surface area contributed by atoms with Gasteiger partial charge in [-0.15, -0.1) is 0 Å². The summed E-state index contributed by atoms with van der Waals surface area (Å²) in [5.41, 5.74) is 3.28. The zero-order chi connectivity index (χ0) is 24.4. The number of halogens is 3. The van der Waals surface area contributed by atoms with Crippen LogP contribution < -0.4 is 9.80 Å². The van der Waals surface area contributed by atoms with Crippen LogP contribution in [-0.4, -0.2) is 54.9 Å². The first-order chi connectivity index (χ1) is 16.0. The molecular weight excluding hydrogens is 443 g/mol. The predicted octanol–water partition coefficient (Wildman–Crippen LogP) is 4.54. The Balaban J connectivity index is 1.36. The molecule has 0 aliphatic carbocycles. The van der Waals surface area contributed by atoms with Gasteiger partial charge in [0.05, 0.1) is 22.4 Å². The zero-order valence-corrected chi connectivity index (χ0v) is 19.4. The third-order valence-corrected chi connectivity index (χ3v) is 6.99. The average molecular weight is 470 g/mol. The highest BCUT2D eigenvalue weighted by Gasteiger charge is 2.47. The van der Waals surface area contributed by atoms with E-state index in [0.717, 1.165) is 22.8 Å². The molecule has 34 heavy (non-hydrogen) atoms. The third kappa shape index (κ3) is 3.60. The summed E-state index contributed by atoms with van der Waals surface area (Å²) in [6.07, 6.45) is -2.30. The van der Waals surface area contributed by atoms with Crippen LogP contribution in [0.4, 0.5) is 24.5 Å². The molecule has 2 aromatic carbocycles. The molecule has 8 heteroatoms. The highest BCUT2D eigenvalue weighted by Crippen LogP contribution is 2.46. The van der Waals surface area contributed by atoms with Gasteiger partial charge in [0.15, 0.2) is 0 Å². The smallest absolute Gasteiger partial charge is 0.369 e. The Bertz CT molecular complexity index is 1220. The van der Waals surface area contributed by atoms with E-state index in [1.165, 1.54) is 12.1 Å². The maximum absolute atomic E-state index is 13.1. The lowest BCUT2D eigenvalue weighted by atomic mass is 9.87. The molecule has 0 unspecified atom stereocenters. The topological polar surface area (TPSA) is 43.9 Å². The van der Waals surface area contributed by atoms with Crippen molar-refractivity contribution in [1.82, 2.24) is 4.90 Å². The van der Waals surface area contributed by atoms with Crippen LogP contribution in [0.1, 0.15) is 40.9 Å². The van der Waals surface area contributed by atoms with Gasteiger partial charge in [0.2, 0.25) is 0 Å². The number of carbonyl (C=O) groups is 2. The van der Waals surface area contributed by atoms with E-state index in [0.29, 0.717) is 49.7 Å². The van der Waals surface area contributed by atoms with Gasteiger partial charge in [-0.25, -0.2) is 0 Å². The van der Waals surface area contributed by atoms with Crippen LogP contribution in [0.25, 0.3) is 5.57 Å². The molecule has 0 spiro atoms. The number of Topliss-reactive ketones (excluding diaryl/α,β-unsaturated/α-hetero) is 1. The number of hydrogen-bond acceptors (Lipinski definition) is 4. The Kier molecular flexibility index (Phi) is 5.13. The van der Waals surface area contributed by atoms with Crippen LogP contribution in [0.5, 0.6) is 0 Å². The highest BCUT2D eigenvalue weighted by atomic mass is 19.4. The van der Waals surface area contributed by atoms with Crippen LogP contribution in [0, 0.1) is 6.92 Å². The van der Waals surface area contributed by atoms with Crippen molar-refractivity contribution < 1.29 is 22.8 Å². The summed E-state index contributed by atoms with van der Waals surface area (Å²) in [5.74, 6) is -0.938. The van der Waals surface area contributed by atoms with Gasteiger partial charge in [-0.2, -0.15) is 13.2 Å². The molecule has 5 rings (SSSR count). The fourth-order valence-corrected chi connectivity index (χ4v) is 5.31. The molecule has 3 heterocycles. The standard InChI is InChI=1S/C26H26F3N3O2/c1-16-7-8-20-17(14-25(2,3)32-22(20)21(16)23(33)24(32)34)15-30-9-11-31(12-10-30)19-6-4-5-18(13-19)26(27,28)29/h4-8,13-14H,9-12,15H2,1-3H3. The maximum Gasteiger partial charge on any atom is 0.416 e. The van der Waals surface area contributed by atoms with Crippen molar-refractivity contribution in [3.63, 3.8) is 0 Å². The summed E-state index contributed by atoms with van der Waals surface area (Å²) in [4.78, 5) is 31.3. The molecule has 1 amide bonds. The lowest BCUT2D eigenvalue weighted by Gasteiger charge is -2.41. The van der Waals surface area contributed by atoms with Crippen LogP contribution in [0.2, 0.25) is 0 Å². The molecule has 0 bridgehead atoms. The van der Waals surface area contributed by atoms with Crippen LogP contribution >= 0.6 is 0 Å². The number of piperazine rings is 1. The van der Waals surface area contributed by atoms with Crippen LogP contribution in [0.15, 0.2) is 42.5 Å². The largest absolute Gasteiger partial charge is 0.416 e. The van der Waals surface area contributed by atoms with Gasteiger partial charge in [0.25, 0.3) is 11.7 Å². The zero-order valence-electron chi connectivity index (χ0n) is 19.4. The van der Waals surface area contributed by atoms with E-state index in [-0.39, 0.29) is 0 Å². The molecule has 3 aliphatic heterocycles. The molecule has 0 N–H and O–H groups in total. The van der Waals surface area contributed by atoms with Gasteiger partial charge in [0.1, 0.15) is 0 Å². The SMILES string of the molecule is Cc1ccc2c3c1C(=O)C(=O)N3C(C)(C)C=C2CN1CCN(c2cccc(C(F)(F)F)c2)CC1. The number of amides is 1. The van der Waals surface area contributed by atoms with Crippen molar-refractivity contribution in [2.24, 2.45) is 0 Å². The average Bonchev–Trinajstić information content (AvgIpc) is 3.05. The molecule has 3 aliphatic rings. The summed E-state index contributed by atoms with van der Waals surface area (Å²) in [7, 11) is 0. The number of aryl methyl sites for hydroxylation is 1. The van der Waals surface area contributed by atoms with Crippen molar-refractivity contribution in [1.29, 1.82) is 0 Å². The first kappa shape index (κ1) is 22.7. The number of benzene rings is 2. The number of carbonyl (C=O) groups excluding carboxylic acids is 2. The van der Waals surface area contributed by atoms with Crippen molar-refractivity contribution in [2.75, 3.05) is 42.5 Å². The van der Waals surface area contributed by atoms with Gasteiger partial charge in [-0.3, -0.25) is 19.4 Å². The van der Waals surface area contributed by atoms with Gasteiger partial charge in [-0.1, -0.05) is 24.3 Å². The van der Waals surface area contributed by atoms with Crippen LogP contribution in [0.3, 0.4) is 0 Å². The minimum atomic E-state index is -4.36. The van der Waals surface area contributed by atoms with Crippen molar-refractivity contribution in [3.8, 4) is 0 Å². The summed E-state index contributed by atoms with van der Waals surface area (Å²) in [6.45, 7) is 9.00. The Morgan fingerprint density at radius 3 is 2.38 bits per heavy atom. The molecule has 0 aromatic heterocycles. The molecule has 178 valence electrons. The second kappa shape index (κ2) is 7.70.